The standard InChI is InChI=1S/C33H45NO3/c1-2-3-4-5-6-7-8-9-14-21-33(36)22-25-19-20-26(23-33)34(25)32(35)37-24-31-29-17-12-10-15-27(29)28-16-11-13-18-30(28)31/h10-13,15-18,25-26,31,36H,2-9,14,19-24H2,1H3. The number of amides is 1. The molecular weight excluding hydrogens is 458 g/mol. The highest BCUT2D eigenvalue weighted by Crippen LogP contribution is 2.46. The van der Waals surface area contributed by atoms with Gasteiger partial charge in [-0.1, -0.05) is 113 Å². The molecule has 2 aliphatic heterocycles. The SMILES string of the molecule is CCCCCCCCCCCC1(O)CC2CCC(C1)N2C(=O)OCC1c2ccccc2-c2ccccc21. The Labute approximate surface area is 223 Å². The summed E-state index contributed by atoms with van der Waals surface area (Å²) >= 11 is 0. The van der Waals surface area contributed by atoms with Gasteiger partial charge in [-0.15, -0.1) is 0 Å². The molecule has 200 valence electrons. The normalized spacial score (nSPS) is 24.2. The molecule has 0 saturated carbocycles. The van der Waals surface area contributed by atoms with E-state index in [9.17, 15) is 9.90 Å². The maximum atomic E-state index is 13.3. The number of fused-ring (bicyclic) bond motifs is 5. The van der Waals surface area contributed by atoms with E-state index in [1.54, 1.807) is 0 Å². The molecule has 2 bridgehead atoms. The fraction of sp³-hybridized carbons (Fsp3) is 0.606. The van der Waals surface area contributed by atoms with Crippen LogP contribution >= 0.6 is 0 Å². The van der Waals surface area contributed by atoms with Gasteiger partial charge in [0.25, 0.3) is 0 Å². The Bertz CT molecular complexity index is 990. The van der Waals surface area contributed by atoms with Crippen LogP contribution in [0.2, 0.25) is 0 Å². The van der Waals surface area contributed by atoms with Gasteiger partial charge in [0.1, 0.15) is 6.61 Å². The average molecular weight is 504 g/mol. The first-order valence-corrected chi connectivity index (χ1v) is 15.0. The molecule has 4 nitrogen and oxygen atoms in total. The summed E-state index contributed by atoms with van der Waals surface area (Å²) in [4.78, 5) is 15.3. The Morgan fingerprint density at radius 2 is 1.35 bits per heavy atom. The smallest absolute Gasteiger partial charge is 0.410 e. The van der Waals surface area contributed by atoms with Gasteiger partial charge in [-0.25, -0.2) is 4.79 Å². The zero-order valence-corrected chi connectivity index (χ0v) is 22.7. The molecule has 2 aromatic carbocycles. The number of aliphatic hydroxyl groups is 1. The molecule has 0 aromatic heterocycles. The molecule has 3 aliphatic rings. The highest BCUT2D eigenvalue weighted by atomic mass is 16.6. The predicted octanol–water partition coefficient (Wildman–Crippen LogP) is 8.21. The largest absolute Gasteiger partial charge is 0.448 e. The minimum absolute atomic E-state index is 0.0855. The molecule has 2 fully saturated rings. The van der Waals surface area contributed by atoms with Crippen LogP contribution in [-0.4, -0.2) is 40.4 Å². The van der Waals surface area contributed by atoms with E-state index >= 15 is 0 Å². The molecular formula is C33H45NO3. The van der Waals surface area contributed by atoms with Gasteiger partial charge in [0, 0.05) is 18.0 Å². The molecule has 5 rings (SSSR count). The highest BCUT2D eigenvalue weighted by Gasteiger charge is 2.49. The second kappa shape index (κ2) is 12.0. The molecule has 2 atom stereocenters. The lowest BCUT2D eigenvalue weighted by Crippen LogP contribution is -2.53. The molecule has 1 aliphatic carbocycles. The fourth-order valence-electron chi connectivity index (χ4n) is 7.26. The van der Waals surface area contributed by atoms with Crippen LogP contribution in [0.4, 0.5) is 4.79 Å². The number of hydrogen-bond donors (Lipinski definition) is 1. The van der Waals surface area contributed by atoms with Crippen LogP contribution < -0.4 is 0 Å². The molecule has 0 radical (unpaired) electrons. The minimum Gasteiger partial charge on any atom is -0.448 e. The minimum atomic E-state index is -0.618. The third-order valence-corrected chi connectivity index (χ3v) is 9.14. The lowest BCUT2D eigenvalue weighted by Gasteiger charge is -2.43. The Hall–Kier alpha value is -2.33. The monoisotopic (exact) mass is 503 g/mol. The molecule has 4 heteroatoms. The Morgan fingerprint density at radius 3 is 1.92 bits per heavy atom. The number of unbranched alkanes of at least 4 members (excludes halogenated alkanes) is 8. The van der Waals surface area contributed by atoms with Gasteiger partial charge < -0.3 is 14.7 Å². The van der Waals surface area contributed by atoms with Crippen LogP contribution in [0, 0.1) is 0 Å². The first-order valence-electron chi connectivity index (χ1n) is 15.0. The zero-order chi connectivity index (χ0) is 25.7. The predicted molar refractivity (Wildman–Crippen MR) is 150 cm³/mol. The maximum Gasteiger partial charge on any atom is 0.410 e. The summed E-state index contributed by atoms with van der Waals surface area (Å²) in [5.41, 5.74) is 4.37. The van der Waals surface area contributed by atoms with Crippen molar-refractivity contribution in [1.29, 1.82) is 0 Å². The van der Waals surface area contributed by atoms with Gasteiger partial charge in [0.05, 0.1) is 5.60 Å². The van der Waals surface area contributed by atoms with Crippen LogP contribution in [0.15, 0.2) is 48.5 Å². The van der Waals surface area contributed by atoms with E-state index in [0.717, 1.165) is 25.7 Å². The molecule has 1 amide bonds. The van der Waals surface area contributed by atoms with E-state index in [1.807, 2.05) is 4.90 Å². The fourth-order valence-corrected chi connectivity index (χ4v) is 7.26. The summed E-state index contributed by atoms with van der Waals surface area (Å²) in [7, 11) is 0. The second-order valence-corrected chi connectivity index (χ2v) is 11.8. The van der Waals surface area contributed by atoms with Gasteiger partial charge in [-0.05, 0) is 54.4 Å². The first kappa shape index (κ1) is 26.3. The molecule has 2 heterocycles. The first-order chi connectivity index (χ1) is 18.1. The van der Waals surface area contributed by atoms with Crippen molar-refractivity contribution in [3.63, 3.8) is 0 Å². The lowest BCUT2D eigenvalue weighted by atomic mass is 9.82. The van der Waals surface area contributed by atoms with E-state index in [-0.39, 0.29) is 24.1 Å². The van der Waals surface area contributed by atoms with Crippen molar-refractivity contribution in [1.82, 2.24) is 4.90 Å². The van der Waals surface area contributed by atoms with Crippen molar-refractivity contribution >= 4 is 6.09 Å². The maximum absolute atomic E-state index is 13.3. The lowest BCUT2D eigenvalue weighted by molar-refractivity contribution is -0.0548. The number of benzene rings is 2. The third-order valence-electron chi connectivity index (χ3n) is 9.14. The summed E-state index contributed by atoms with van der Waals surface area (Å²) in [6.07, 6.45) is 15.7. The molecule has 2 aromatic rings. The van der Waals surface area contributed by atoms with Gasteiger partial charge in [0.2, 0.25) is 0 Å². The second-order valence-electron chi connectivity index (χ2n) is 11.8. The van der Waals surface area contributed by atoms with Crippen LogP contribution in [0.5, 0.6) is 0 Å². The summed E-state index contributed by atoms with van der Waals surface area (Å²) in [6.45, 7) is 2.63. The average Bonchev–Trinajstić information content (AvgIpc) is 3.38. The number of hydrogen-bond acceptors (Lipinski definition) is 3. The quantitative estimate of drug-likeness (QED) is 0.297. The van der Waals surface area contributed by atoms with E-state index < -0.39 is 5.60 Å². The Balaban J connectivity index is 1.10. The number of piperidine rings is 1. The summed E-state index contributed by atoms with van der Waals surface area (Å²) in [5.74, 6) is 0.0855. The molecule has 0 spiro atoms. The van der Waals surface area contributed by atoms with Crippen molar-refractivity contribution in [2.45, 2.75) is 120 Å². The highest BCUT2D eigenvalue weighted by molar-refractivity contribution is 5.79. The van der Waals surface area contributed by atoms with Crippen molar-refractivity contribution in [2.75, 3.05) is 6.61 Å². The molecule has 37 heavy (non-hydrogen) atoms. The number of carbonyl (C=O) groups is 1. The van der Waals surface area contributed by atoms with Crippen LogP contribution in [0.3, 0.4) is 0 Å². The van der Waals surface area contributed by atoms with E-state index in [0.29, 0.717) is 19.4 Å². The van der Waals surface area contributed by atoms with Gasteiger partial charge in [-0.3, -0.25) is 0 Å². The van der Waals surface area contributed by atoms with Crippen molar-refractivity contribution in [3.8, 4) is 11.1 Å². The van der Waals surface area contributed by atoms with E-state index in [2.05, 4.69) is 55.5 Å². The molecule has 1 N–H and O–H groups in total. The third kappa shape index (κ3) is 5.90. The van der Waals surface area contributed by atoms with Gasteiger partial charge in [0.15, 0.2) is 0 Å². The zero-order valence-electron chi connectivity index (χ0n) is 22.7. The number of nitrogens with zero attached hydrogens (tertiary/aromatic N) is 1. The molecule has 2 unspecified atom stereocenters. The van der Waals surface area contributed by atoms with Crippen molar-refractivity contribution < 1.29 is 14.6 Å². The van der Waals surface area contributed by atoms with Crippen LogP contribution in [-0.2, 0) is 4.74 Å². The topological polar surface area (TPSA) is 49.8 Å². The van der Waals surface area contributed by atoms with Gasteiger partial charge in [-0.2, -0.15) is 0 Å². The number of carbonyl (C=O) groups excluding carboxylic acids is 1. The summed E-state index contributed by atoms with van der Waals surface area (Å²) in [6, 6.07) is 17.1. The number of rotatable bonds is 12. The van der Waals surface area contributed by atoms with Crippen molar-refractivity contribution in [3.05, 3.63) is 59.7 Å². The summed E-state index contributed by atoms with van der Waals surface area (Å²) in [5, 5.41) is 11.4. The summed E-state index contributed by atoms with van der Waals surface area (Å²) < 4.78 is 5.99. The van der Waals surface area contributed by atoms with Crippen LogP contribution in [0.25, 0.3) is 11.1 Å². The van der Waals surface area contributed by atoms with Crippen molar-refractivity contribution in [2.24, 2.45) is 0 Å². The number of ether oxygens (including phenoxy) is 1. The van der Waals surface area contributed by atoms with E-state index in [1.165, 1.54) is 73.6 Å². The van der Waals surface area contributed by atoms with E-state index in [4.69, 9.17) is 4.74 Å². The Kier molecular flexibility index (Phi) is 8.54. The molecule has 2 saturated heterocycles. The van der Waals surface area contributed by atoms with Gasteiger partial charge >= 0.3 is 6.09 Å². The van der Waals surface area contributed by atoms with Crippen LogP contribution in [0.1, 0.15) is 114 Å². The Morgan fingerprint density at radius 1 is 0.838 bits per heavy atom.